The molecule has 0 bridgehead atoms. The molecular weight excluding hydrogens is 356 g/mol. The van der Waals surface area contributed by atoms with E-state index in [1.807, 2.05) is 42.9 Å². The second kappa shape index (κ2) is 7.41. The Morgan fingerprint density at radius 2 is 2.04 bits per heavy atom. The van der Waals surface area contributed by atoms with Crippen LogP contribution in [0.25, 0.3) is 0 Å². The molecule has 0 unspecified atom stereocenters. The fourth-order valence-electron chi connectivity index (χ4n) is 4.17. The predicted octanol–water partition coefficient (Wildman–Crippen LogP) is 1.10. The van der Waals surface area contributed by atoms with Gasteiger partial charge >= 0.3 is 0 Å². The molecule has 2 atom stereocenters. The molecule has 2 fully saturated rings. The van der Waals surface area contributed by atoms with Gasteiger partial charge in [-0.15, -0.1) is 0 Å². The fourth-order valence-corrected chi connectivity index (χ4v) is 4.17. The zero-order chi connectivity index (χ0) is 19.8. The first-order valence-electron chi connectivity index (χ1n) is 10.0. The molecule has 1 saturated heterocycles. The maximum Gasteiger partial charge on any atom is 0.257 e. The molecule has 0 aromatic carbocycles. The minimum Gasteiger partial charge on any atom is -0.355 e. The van der Waals surface area contributed by atoms with Crippen molar-refractivity contribution >= 4 is 11.8 Å². The number of rotatable bonds is 6. The van der Waals surface area contributed by atoms with Crippen molar-refractivity contribution in [1.82, 2.24) is 29.5 Å². The summed E-state index contributed by atoms with van der Waals surface area (Å²) in [5.74, 6) is 0.681. The molecule has 0 spiro atoms. The molecule has 8 heteroatoms. The number of hydrogen-bond donors (Lipinski definition) is 1. The number of carbonyl (C=O) groups excluding carboxylic acids is 2. The van der Waals surface area contributed by atoms with Gasteiger partial charge in [-0.05, 0) is 19.3 Å². The first-order valence-corrected chi connectivity index (χ1v) is 10.0. The van der Waals surface area contributed by atoms with Gasteiger partial charge in [0.15, 0.2) is 0 Å². The third kappa shape index (κ3) is 3.55. The third-order valence-corrected chi connectivity index (χ3v) is 5.92. The maximum absolute atomic E-state index is 13.2. The van der Waals surface area contributed by atoms with Gasteiger partial charge in [-0.25, -0.2) is 4.98 Å². The Bertz CT molecular complexity index is 881. The van der Waals surface area contributed by atoms with Crippen LogP contribution in [0.3, 0.4) is 0 Å². The summed E-state index contributed by atoms with van der Waals surface area (Å²) in [6.45, 7) is 3.85. The lowest BCUT2D eigenvalue weighted by molar-refractivity contribution is -0.122. The lowest BCUT2D eigenvalue weighted by Crippen LogP contribution is -2.34. The first kappa shape index (κ1) is 18.7. The van der Waals surface area contributed by atoms with Crippen LogP contribution >= 0.6 is 0 Å². The Morgan fingerprint density at radius 1 is 1.25 bits per heavy atom. The standard InChI is InChI=1S/C20H28N6O2/c1-4-17-16(10-25(3)23-17)20(28)26-9-14(7-22-19(27)13-5-6-13)15(11-26)18-8-21-12-24(18)2/h8,10,12-15H,4-7,9,11H2,1-3H3,(H,22,27)/t14-,15-/m1/s1. The Morgan fingerprint density at radius 3 is 2.68 bits per heavy atom. The van der Waals surface area contributed by atoms with Crippen molar-refractivity contribution in [2.45, 2.75) is 32.1 Å². The minimum atomic E-state index is 0.0214. The monoisotopic (exact) mass is 384 g/mol. The van der Waals surface area contributed by atoms with Gasteiger partial charge in [-0.1, -0.05) is 6.92 Å². The molecule has 0 radical (unpaired) electrons. The number of carbonyl (C=O) groups is 2. The van der Waals surface area contributed by atoms with Gasteiger partial charge in [0.05, 0.1) is 17.6 Å². The first-order chi connectivity index (χ1) is 13.5. The second-order valence-corrected chi connectivity index (χ2v) is 8.04. The summed E-state index contributed by atoms with van der Waals surface area (Å²) in [7, 11) is 3.82. The summed E-state index contributed by atoms with van der Waals surface area (Å²) in [4.78, 5) is 31.5. The van der Waals surface area contributed by atoms with Gasteiger partial charge in [0.1, 0.15) is 0 Å². The van der Waals surface area contributed by atoms with Crippen molar-refractivity contribution in [3.8, 4) is 0 Å². The third-order valence-electron chi connectivity index (χ3n) is 5.92. The maximum atomic E-state index is 13.2. The summed E-state index contributed by atoms with van der Waals surface area (Å²) in [6.07, 6.45) is 8.18. The summed E-state index contributed by atoms with van der Waals surface area (Å²) in [5.41, 5.74) is 2.61. The van der Waals surface area contributed by atoms with E-state index in [0.717, 1.165) is 30.7 Å². The van der Waals surface area contributed by atoms with E-state index in [0.29, 0.717) is 25.2 Å². The average Bonchev–Trinajstić information content (AvgIpc) is 3.14. The van der Waals surface area contributed by atoms with Crippen LogP contribution in [0.1, 0.15) is 47.4 Å². The molecule has 28 heavy (non-hydrogen) atoms. The van der Waals surface area contributed by atoms with Crippen LogP contribution in [-0.4, -0.2) is 55.7 Å². The number of hydrogen-bond acceptors (Lipinski definition) is 4. The highest BCUT2D eigenvalue weighted by Crippen LogP contribution is 2.34. The van der Waals surface area contributed by atoms with Crippen molar-refractivity contribution < 1.29 is 9.59 Å². The molecule has 2 amide bonds. The van der Waals surface area contributed by atoms with Crippen LogP contribution in [-0.2, 0) is 25.3 Å². The molecule has 2 aromatic heterocycles. The number of likely N-dealkylation sites (tertiary alicyclic amines) is 1. The Balaban J connectivity index is 1.53. The number of aromatic nitrogens is 4. The van der Waals surface area contributed by atoms with E-state index >= 15 is 0 Å². The molecule has 4 rings (SSSR count). The minimum absolute atomic E-state index is 0.0214. The molecule has 150 valence electrons. The SMILES string of the molecule is CCc1nn(C)cc1C(=O)N1C[C@@H](CNC(=O)C2CC2)[C@H](c2cncn2C)C1. The van der Waals surface area contributed by atoms with E-state index < -0.39 is 0 Å². The van der Waals surface area contributed by atoms with E-state index in [-0.39, 0.29) is 29.6 Å². The lowest BCUT2D eigenvalue weighted by Gasteiger charge is -2.18. The molecule has 1 saturated carbocycles. The summed E-state index contributed by atoms with van der Waals surface area (Å²) >= 11 is 0. The van der Waals surface area contributed by atoms with Gasteiger partial charge in [0.2, 0.25) is 5.91 Å². The molecular formula is C20H28N6O2. The van der Waals surface area contributed by atoms with Crippen molar-refractivity contribution in [2.75, 3.05) is 19.6 Å². The van der Waals surface area contributed by atoms with E-state index in [4.69, 9.17) is 0 Å². The number of amides is 2. The molecule has 1 N–H and O–H groups in total. The highest BCUT2D eigenvalue weighted by atomic mass is 16.2. The lowest BCUT2D eigenvalue weighted by atomic mass is 9.93. The number of nitrogens with zero attached hydrogens (tertiary/aromatic N) is 5. The van der Waals surface area contributed by atoms with E-state index in [1.165, 1.54) is 0 Å². The largest absolute Gasteiger partial charge is 0.355 e. The smallest absolute Gasteiger partial charge is 0.257 e. The predicted molar refractivity (Wildman–Crippen MR) is 104 cm³/mol. The van der Waals surface area contributed by atoms with Gasteiger partial charge in [-0.3, -0.25) is 14.3 Å². The van der Waals surface area contributed by atoms with Crippen LogP contribution < -0.4 is 5.32 Å². The Labute approximate surface area is 164 Å². The van der Waals surface area contributed by atoms with Gasteiger partial charge in [0, 0.05) is 69.6 Å². The molecule has 2 aliphatic rings. The van der Waals surface area contributed by atoms with E-state index in [2.05, 4.69) is 15.4 Å². The van der Waals surface area contributed by atoms with Crippen LogP contribution in [0.5, 0.6) is 0 Å². The number of imidazole rings is 1. The Hall–Kier alpha value is -2.64. The number of nitrogens with one attached hydrogen (secondary N) is 1. The molecule has 1 aliphatic heterocycles. The van der Waals surface area contributed by atoms with Crippen LogP contribution in [0.2, 0.25) is 0 Å². The topological polar surface area (TPSA) is 85.1 Å². The van der Waals surface area contributed by atoms with Gasteiger partial charge in [-0.2, -0.15) is 5.10 Å². The van der Waals surface area contributed by atoms with Crippen molar-refractivity contribution in [1.29, 1.82) is 0 Å². The summed E-state index contributed by atoms with van der Waals surface area (Å²) < 4.78 is 3.71. The average molecular weight is 384 g/mol. The molecule has 2 aromatic rings. The molecule has 3 heterocycles. The Kier molecular flexibility index (Phi) is 4.95. The zero-order valence-electron chi connectivity index (χ0n) is 16.8. The summed E-state index contributed by atoms with van der Waals surface area (Å²) in [5, 5.41) is 7.51. The van der Waals surface area contributed by atoms with E-state index in [9.17, 15) is 9.59 Å². The van der Waals surface area contributed by atoms with Crippen molar-refractivity contribution in [2.24, 2.45) is 25.9 Å². The van der Waals surface area contributed by atoms with Crippen LogP contribution in [0.15, 0.2) is 18.7 Å². The number of aryl methyl sites for hydroxylation is 3. The van der Waals surface area contributed by atoms with E-state index in [1.54, 1.807) is 11.0 Å². The van der Waals surface area contributed by atoms with Crippen LogP contribution in [0, 0.1) is 11.8 Å². The summed E-state index contributed by atoms with van der Waals surface area (Å²) in [6, 6.07) is 0. The zero-order valence-corrected chi connectivity index (χ0v) is 16.8. The normalized spacial score (nSPS) is 21.9. The highest BCUT2D eigenvalue weighted by Gasteiger charge is 2.39. The van der Waals surface area contributed by atoms with Crippen molar-refractivity contribution in [3.63, 3.8) is 0 Å². The molecule has 8 nitrogen and oxygen atoms in total. The van der Waals surface area contributed by atoms with Gasteiger partial charge in [0.25, 0.3) is 5.91 Å². The second-order valence-electron chi connectivity index (χ2n) is 8.04. The van der Waals surface area contributed by atoms with Crippen molar-refractivity contribution in [3.05, 3.63) is 35.7 Å². The highest BCUT2D eigenvalue weighted by molar-refractivity contribution is 5.95. The fraction of sp³-hybridized carbons (Fsp3) is 0.600. The molecule has 1 aliphatic carbocycles. The van der Waals surface area contributed by atoms with Gasteiger partial charge < -0.3 is 14.8 Å². The van der Waals surface area contributed by atoms with Crippen LogP contribution in [0.4, 0.5) is 0 Å². The quantitative estimate of drug-likeness (QED) is 0.808.